The average molecular weight is 323 g/mol. The third-order valence-electron chi connectivity index (χ3n) is 3.83. The van der Waals surface area contributed by atoms with Crippen molar-refractivity contribution >= 4 is 23.2 Å². The lowest BCUT2D eigenvalue weighted by molar-refractivity contribution is -0.122. The Balaban J connectivity index is 2.23. The molecule has 0 fully saturated rings. The number of rotatable bonds is 3. The molecule has 0 bridgehead atoms. The molecule has 3 rings (SSSR count). The van der Waals surface area contributed by atoms with Gasteiger partial charge in [0.05, 0.1) is 11.4 Å². The second-order valence-electron chi connectivity index (χ2n) is 5.61. The summed E-state index contributed by atoms with van der Waals surface area (Å²) >= 11 is 0. The number of carbonyl (C=O) groups is 2. The first-order valence-corrected chi connectivity index (χ1v) is 7.53. The van der Waals surface area contributed by atoms with E-state index in [1.807, 2.05) is 30.3 Å². The number of phenols is 1. The lowest BCUT2D eigenvalue weighted by Crippen LogP contribution is -2.42. The van der Waals surface area contributed by atoms with Gasteiger partial charge < -0.3 is 15.7 Å². The summed E-state index contributed by atoms with van der Waals surface area (Å²) in [6, 6.07) is 13.5. The highest BCUT2D eigenvalue weighted by molar-refractivity contribution is 6.20. The number of amides is 2. The van der Waals surface area contributed by atoms with E-state index >= 15 is 0 Å². The van der Waals surface area contributed by atoms with Crippen LogP contribution in [0.25, 0.3) is 0 Å². The molecule has 3 N–H and O–H groups in total. The van der Waals surface area contributed by atoms with Crippen molar-refractivity contribution in [1.82, 2.24) is 0 Å². The molecule has 0 aromatic heterocycles. The molecule has 0 spiro atoms. The third kappa shape index (κ3) is 2.86. The van der Waals surface area contributed by atoms with E-state index < -0.39 is 11.9 Å². The summed E-state index contributed by atoms with van der Waals surface area (Å²) in [5.41, 5.74) is 7.87. The molecule has 2 aromatic rings. The number of carbonyl (C=O) groups excluding carboxylic acids is 2. The Morgan fingerprint density at radius 1 is 1.25 bits per heavy atom. The van der Waals surface area contributed by atoms with Gasteiger partial charge >= 0.3 is 0 Å². The minimum absolute atomic E-state index is 0.00187. The highest BCUT2D eigenvalue weighted by atomic mass is 16.3. The number of phenolic OH excluding ortho intramolecular Hbond substituents is 1. The number of hydrogen-bond donors (Lipinski definition) is 2. The van der Waals surface area contributed by atoms with E-state index in [2.05, 4.69) is 4.99 Å². The number of primary amides is 1. The number of hydrogen-bond acceptors (Lipinski definition) is 4. The van der Waals surface area contributed by atoms with Crippen LogP contribution >= 0.6 is 0 Å². The molecule has 24 heavy (non-hydrogen) atoms. The van der Waals surface area contributed by atoms with Gasteiger partial charge in [-0.3, -0.25) is 14.6 Å². The zero-order valence-electron chi connectivity index (χ0n) is 13.1. The zero-order valence-corrected chi connectivity index (χ0v) is 13.1. The summed E-state index contributed by atoms with van der Waals surface area (Å²) in [5, 5.41) is 9.85. The summed E-state index contributed by atoms with van der Waals surface area (Å²) in [6.07, 6.45) is 0. The number of nitrogens with zero attached hydrogens (tertiary/aromatic N) is 2. The van der Waals surface area contributed by atoms with Crippen LogP contribution in [0.5, 0.6) is 5.75 Å². The monoisotopic (exact) mass is 323 g/mol. The highest BCUT2D eigenvalue weighted by Crippen LogP contribution is 2.31. The molecule has 0 aliphatic carbocycles. The molecule has 122 valence electrons. The van der Waals surface area contributed by atoms with Gasteiger partial charge in [-0.1, -0.05) is 30.3 Å². The maximum atomic E-state index is 12.7. The molecule has 1 atom stereocenters. The fraction of sp³-hybridized carbons (Fsp3) is 0.167. The fourth-order valence-corrected chi connectivity index (χ4v) is 2.75. The molecule has 0 saturated carbocycles. The Hall–Kier alpha value is -3.15. The van der Waals surface area contributed by atoms with Crippen LogP contribution in [0, 0.1) is 0 Å². The lowest BCUT2D eigenvalue weighted by atomic mass is 10.00. The Labute approximate surface area is 139 Å². The molecule has 2 amide bonds. The maximum absolute atomic E-state index is 12.7. The summed E-state index contributed by atoms with van der Waals surface area (Å²) in [7, 11) is 0. The van der Waals surface area contributed by atoms with Gasteiger partial charge in [-0.05, 0) is 19.1 Å². The van der Waals surface area contributed by atoms with Crippen molar-refractivity contribution in [3.8, 4) is 5.75 Å². The van der Waals surface area contributed by atoms with Gasteiger partial charge in [0.15, 0.2) is 0 Å². The second kappa shape index (κ2) is 6.16. The number of benzodiazepines with no additional fused rings is 1. The molecule has 0 saturated heterocycles. The van der Waals surface area contributed by atoms with Crippen molar-refractivity contribution < 1.29 is 14.7 Å². The van der Waals surface area contributed by atoms with E-state index in [0.29, 0.717) is 17.0 Å². The first-order valence-electron chi connectivity index (χ1n) is 7.53. The minimum atomic E-state index is -0.672. The number of fused-ring (bicyclic) bond motifs is 1. The molecule has 2 aromatic carbocycles. The minimum Gasteiger partial charge on any atom is -0.508 e. The van der Waals surface area contributed by atoms with Gasteiger partial charge in [0.25, 0.3) is 5.91 Å². The van der Waals surface area contributed by atoms with Crippen molar-refractivity contribution in [2.45, 2.75) is 13.0 Å². The first kappa shape index (κ1) is 15.7. The van der Waals surface area contributed by atoms with Crippen LogP contribution in [0.4, 0.5) is 5.69 Å². The van der Waals surface area contributed by atoms with Gasteiger partial charge in [-0.2, -0.15) is 0 Å². The van der Waals surface area contributed by atoms with E-state index in [1.54, 1.807) is 13.0 Å². The third-order valence-corrected chi connectivity index (χ3v) is 3.83. The number of nitrogens with two attached hydrogens (primary N) is 1. The Kier molecular flexibility index (Phi) is 4.04. The number of aromatic hydroxyl groups is 1. The Bertz CT molecular complexity index is 831. The molecule has 6 heteroatoms. The molecular formula is C18H17N3O3. The van der Waals surface area contributed by atoms with Gasteiger partial charge in [0.1, 0.15) is 18.3 Å². The normalized spacial score (nSPS) is 17.0. The van der Waals surface area contributed by atoms with Gasteiger partial charge in [0, 0.05) is 17.2 Å². The Morgan fingerprint density at radius 2 is 1.96 bits per heavy atom. The van der Waals surface area contributed by atoms with Crippen LogP contribution in [0.2, 0.25) is 0 Å². The van der Waals surface area contributed by atoms with E-state index in [0.717, 1.165) is 5.56 Å². The Morgan fingerprint density at radius 3 is 2.62 bits per heavy atom. The predicted octanol–water partition coefficient (Wildman–Crippen LogP) is 1.45. The number of anilines is 1. The maximum Gasteiger partial charge on any atom is 0.252 e. The average Bonchev–Trinajstić information content (AvgIpc) is 2.66. The first-order chi connectivity index (χ1) is 11.5. The van der Waals surface area contributed by atoms with Crippen molar-refractivity contribution in [3.05, 3.63) is 59.7 Å². The second-order valence-corrected chi connectivity index (χ2v) is 5.61. The fourth-order valence-electron chi connectivity index (χ4n) is 2.75. The topological polar surface area (TPSA) is 96.0 Å². The molecule has 1 unspecified atom stereocenters. The van der Waals surface area contributed by atoms with Crippen LogP contribution < -0.4 is 10.6 Å². The van der Waals surface area contributed by atoms with Crippen LogP contribution in [0.3, 0.4) is 0 Å². The van der Waals surface area contributed by atoms with E-state index in [1.165, 1.54) is 17.0 Å². The summed E-state index contributed by atoms with van der Waals surface area (Å²) in [5.74, 6) is -0.974. The van der Waals surface area contributed by atoms with E-state index in [-0.39, 0.29) is 18.2 Å². The van der Waals surface area contributed by atoms with Crippen LogP contribution in [0.15, 0.2) is 53.5 Å². The highest BCUT2D eigenvalue weighted by Gasteiger charge is 2.30. The molecule has 0 radical (unpaired) electrons. The lowest BCUT2D eigenvalue weighted by Gasteiger charge is -2.23. The predicted molar refractivity (Wildman–Crippen MR) is 91.2 cm³/mol. The SMILES string of the molecule is CC1N=C(c2ccccc2)c2ccc(O)cc2N(CC(N)=O)C1=O. The van der Waals surface area contributed by atoms with E-state index in [4.69, 9.17) is 5.73 Å². The molecule has 1 aliphatic rings. The van der Waals surface area contributed by atoms with Gasteiger partial charge in [-0.15, -0.1) is 0 Å². The van der Waals surface area contributed by atoms with Crippen molar-refractivity contribution in [3.63, 3.8) is 0 Å². The number of benzene rings is 2. The standard InChI is InChI=1S/C18H17N3O3/c1-11-18(24)21(10-16(19)23)15-9-13(22)7-8-14(15)17(20-11)12-5-3-2-4-6-12/h2-9,11,22H,10H2,1H3,(H2,19,23). The zero-order chi connectivity index (χ0) is 17.3. The summed E-state index contributed by atoms with van der Waals surface area (Å²) in [6.45, 7) is 1.40. The smallest absolute Gasteiger partial charge is 0.252 e. The van der Waals surface area contributed by atoms with Gasteiger partial charge in [-0.25, -0.2) is 0 Å². The molecular weight excluding hydrogens is 306 g/mol. The molecule has 1 heterocycles. The quantitative estimate of drug-likeness (QED) is 0.895. The molecule has 6 nitrogen and oxygen atoms in total. The molecule has 1 aliphatic heterocycles. The summed E-state index contributed by atoms with van der Waals surface area (Å²) in [4.78, 5) is 29.9. The number of aliphatic imine (C=N–C) groups is 1. The van der Waals surface area contributed by atoms with Crippen molar-refractivity contribution in [2.24, 2.45) is 10.7 Å². The van der Waals surface area contributed by atoms with Crippen LogP contribution in [-0.4, -0.2) is 35.2 Å². The van der Waals surface area contributed by atoms with Crippen molar-refractivity contribution in [1.29, 1.82) is 0 Å². The van der Waals surface area contributed by atoms with E-state index in [9.17, 15) is 14.7 Å². The summed E-state index contributed by atoms with van der Waals surface area (Å²) < 4.78 is 0. The largest absolute Gasteiger partial charge is 0.508 e. The van der Waals surface area contributed by atoms with Crippen LogP contribution in [0.1, 0.15) is 18.1 Å². The van der Waals surface area contributed by atoms with Crippen molar-refractivity contribution in [2.75, 3.05) is 11.4 Å². The van der Waals surface area contributed by atoms with Gasteiger partial charge in [0.2, 0.25) is 5.91 Å². The van der Waals surface area contributed by atoms with Crippen LogP contribution in [-0.2, 0) is 9.59 Å².